The molecule has 1 aliphatic carbocycles. The first-order chi connectivity index (χ1) is 10.2. The Hall–Kier alpha value is -1.62. The van der Waals surface area contributed by atoms with E-state index in [1.165, 1.54) is 6.07 Å². The molecule has 3 unspecified atom stereocenters. The van der Waals surface area contributed by atoms with Crippen molar-refractivity contribution in [1.29, 1.82) is 0 Å². The number of rotatable bonds is 2. The predicted octanol–water partition coefficient (Wildman–Crippen LogP) is 2.32. The van der Waals surface area contributed by atoms with E-state index < -0.39 is 11.9 Å². The van der Waals surface area contributed by atoms with Gasteiger partial charge in [-0.15, -0.1) is 0 Å². The number of fused-ring (bicyclic) bond motifs is 1. The lowest BCUT2D eigenvalue weighted by Gasteiger charge is -2.22. The van der Waals surface area contributed by atoms with E-state index in [0.717, 1.165) is 12.8 Å². The normalized spacial score (nSPS) is 28.4. The van der Waals surface area contributed by atoms with E-state index >= 15 is 0 Å². The van der Waals surface area contributed by atoms with Gasteiger partial charge < -0.3 is 15.2 Å². The second kappa shape index (κ2) is 6.02. The minimum Gasteiger partial charge on any atom is -0.490 e. The van der Waals surface area contributed by atoms with Crippen molar-refractivity contribution in [3.63, 3.8) is 0 Å². The summed E-state index contributed by atoms with van der Waals surface area (Å²) in [5.74, 6) is -0.630. The lowest BCUT2D eigenvalue weighted by atomic mass is 9.99. The van der Waals surface area contributed by atoms with Gasteiger partial charge in [-0.2, -0.15) is 0 Å². The molecule has 0 saturated heterocycles. The molecule has 1 aliphatic heterocycles. The lowest BCUT2D eigenvalue weighted by molar-refractivity contribution is -0.128. The molecule has 2 aliphatic rings. The number of halogens is 1. The molecular weight excluding hydrogens is 273 g/mol. The summed E-state index contributed by atoms with van der Waals surface area (Å²) in [6.07, 6.45) is 3.18. The summed E-state index contributed by atoms with van der Waals surface area (Å²) in [6, 6.07) is 4.54. The second-order valence-electron chi connectivity index (χ2n) is 5.81. The van der Waals surface area contributed by atoms with Gasteiger partial charge in [-0.1, -0.05) is 12.1 Å². The maximum Gasteiger partial charge on any atom is 0.226 e. The van der Waals surface area contributed by atoms with Crippen LogP contribution in [0.4, 0.5) is 4.39 Å². The van der Waals surface area contributed by atoms with Crippen LogP contribution in [0.2, 0.25) is 0 Å². The van der Waals surface area contributed by atoms with Gasteiger partial charge in [0.2, 0.25) is 5.91 Å². The first kappa shape index (κ1) is 14.3. The minimum absolute atomic E-state index is 0.137. The highest BCUT2D eigenvalue weighted by molar-refractivity contribution is 5.80. The van der Waals surface area contributed by atoms with Gasteiger partial charge in [0.1, 0.15) is 0 Å². The molecule has 1 aromatic rings. The fourth-order valence-corrected chi connectivity index (χ4v) is 3.24. The zero-order valence-electron chi connectivity index (χ0n) is 11.8. The fourth-order valence-electron chi connectivity index (χ4n) is 3.24. The van der Waals surface area contributed by atoms with Gasteiger partial charge in [0.05, 0.1) is 24.7 Å². The summed E-state index contributed by atoms with van der Waals surface area (Å²) in [4.78, 5) is 12.3. The maximum absolute atomic E-state index is 13.8. The summed E-state index contributed by atoms with van der Waals surface area (Å²) in [6.45, 7) is 0.451. The standard InChI is InChI=1S/C16H20FNO3/c17-12-6-1-4-10-13(7-3-9-21-15(10)12)18-16(20)11-5-2-8-14(11)19/h1,4,6,11,13-14,19H,2-3,5,7-9H2,(H,18,20). The van der Waals surface area contributed by atoms with E-state index in [2.05, 4.69) is 5.32 Å². The molecular formula is C16H20FNO3. The van der Waals surface area contributed by atoms with Crippen LogP contribution in [0.5, 0.6) is 5.75 Å². The molecule has 1 amide bonds. The summed E-state index contributed by atoms with van der Waals surface area (Å²) >= 11 is 0. The average molecular weight is 293 g/mol. The van der Waals surface area contributed by atoms with Gasteiger partial charge in [-0.05, 0) is 38.2 Å². The van der Waals surface area contributed by atoms with Gasteiger partial charge in [-0.3, -0.25) is 4.79 Å². The SMILES string of the molecule is O=C(NC1CCCOc2c(F)cccc21)C1CCCC1O. The third kappa shape index (κ3) is 2.88. The fraction of sp³-hybridized carbons (Fsp3) is 0.562. The molecule has 1 heterocycles. The molecule has 1 fully saturated rings. The first-order valence-corrected chi connectivity index (χ1v) is 7.56. The van der Waals surface area contributed by atoms with Crippen LogP contribution in [-0.4, -0.2) is 23.7 Å². The monoisotopic (exact) mass is 293 g/mol. The van der Waals surface area contributed by atoms with Crippen molar-refractivity contribution in [2.24, 2.45) is 5.92 Å². The Morgan fingerprint density at radius 1 is 1.29 bits per heavy atom. The molecule has 114 valence electrons. The first-order valence-electron chi connectivity index (χ1n) is 7.56. The van der Waals surface area contributed by atoms with Crippen LogP contribution >= 0.6 is 0 Å². The number of hydrogen-bond acceptors (Lipinski definition) is 3. The van der Waals surface area contributed by atoms with E-state index in [-0.39, 0.29) is 23.6 Å². The van der Waals surface area contributed by atoms with Crippen molar-refractivity contribution in [3.8, 4) is 5.75 Å². The van der Waals surface area contributed by atoms with Crippen LogP contribution in [0.25, 0.3) is 0 Å². The van der Waals surface area contributed by atoms with Gasteiger partial charge in [0.25, 0.3) is 0 Å². The summed E-state index contributed by atoms with van der Waals surface area (Å²) < 4.78 is 19.3. The van der Waals surface area contributed by atoms with Crippen molar-refractivity contribution in [2.75, 3.05) is 6.61 Å². The third-order valence-corrected chi connectivity index (χ3v) is 4.39. The van der Waals surface area contributed by atoms with Crippen LogP contribution in [-0.2, 0) is 4.79 Å². The van der Waals surface area contributed by atoms with Gasteiger partial charge in [-0.25, -0.2) is 4.39 Å². The summed E-state index contributed by atoms with van der Waals surface area (Å²) in [5, 5.41) is 12.8. The molecule has 4 nitrogen and oxygen atoms in total. The molecule has 5 heteroatoms. The van der Waals surface area contributed by atoms with Gasteiger partial charge >= 0.3 is 0 Å². The highest BCUT2D eigenvalue weighted by Gasteiger charge is 2.33. The van der Waals surface area contributed by atoms with E-state index in [9.17, 15) is 14.3 Å². The molecule has 0 radical (unpaired) electrons. The topological polar surface area (TPSA) is 58.6 Å². The Morgan fingerprint density at radius 3 is 2.90 bits per heavy atom. The molecule has 3 atom stereocenters. The molecule has 21 heavy (non-hydrogen) atoms. The van der Waals surface area contributed by atoms with E-state index in [4.69, 9.17) is 4.74 Å². The van der Waals surface area contributed by atoms with Crippen molar-refractivity contribution in [2.45, 2.75) is 44.2 Å². The molecule has 3 rings (SSSR count). The Labute approximate surface area is 123 Å². The zero-order valence-corrected chi connectivity index (χ0v) is 11.8. The summed E-state index contributed by atoms with van der Waals surface area (Å²) in [7, 11) is 0. The summed E-state index contributed by atoms with van der Waals surface area (Å²) in [5.41, 5.74) is 0.688. The highest BCUT2D eigenvalue weighted by Crippen LogP contribution is 2.34. The molecule has 2 N–H and O–H groups in total. The average Bonchev–Trinajstić information content (AvgIpc) is 2.78. The largest absolute Gasteiger partial charge is 0.490 e. The Morgan fingerprint density at radius 2 is 2.14 bits per heavy atom. The maximum atomic E-state index is 13.8. The number of carbonyl (C=O) groups excluding carboxylic acids is 1. The number of carbonyl (C=O) groups is 1. The number of amides is 1. The van der Waals surface area contributed by atoms with Crippen molar-refractivity contribution >= 4 is 5.91 Å². The predicted molar refractivity (Wildman–Crippen MR) is 75.4 cm³/mol. The second-order valence-corrected chi connectivity index (χ2v) is 5.81. The highest BCUT2D eigenvalue weighted by atomic mass is 19.1. The molecule has 0 aromatic heterocycles. The number of aliphatic hydroxyl groups is 1. The van der Waals surface area contributed by atoms with Crippen LogP contribution in [0, 0.1) is 11.7 Å². The van der Waals surface area contributed by atoms with Crippen molar-refractivity contribution in [3.05, 3.63) is 29.6 Å². The molecule has 0 bridgehead atoms. The molecule has 0 spiro atoms. The van der Waals surface area contributed by atoms with Crippen LogP contribution in [0.3, 0.4) is 0 Å². The Balaban J connectivity index is 1.79. The molecule has 1 aromatic carbocycles. The Kier molecular flexibility index (Phi) is 4.10. The number of ether oxygens (including phenoxy) is 1. The quantitative estimate of drug-likeness (QED) is 0.880. The van der Waals surface area contributed by atoms with E-state index in [0.29, 0.717) is 31.4 Å². The Bertz CT molecular complexity index is 534. The van der Waals surface area contributed by atoms with Crippen molar-refractivity contribution in [1.82, 2.24) is 5.32 Å². The number of nitrogens with one attached hydrogen (secondary N) is 1. The molecule has 1 saturated carbocycles. The minimum atomic E-state index is -0.556. The number of para-hydroxylation sites is 1. The number of hydrogen-bond donors (Lipinski definition) is 2. The van der Waals surface area contributed by atoms with Crippen LogP contribution in [0.15, 0.2) is 18.2 Å². The third-order valence-electron chi connectivity index (χ3n) is 4.39. The smallest absolute Gasteiger partial charge is 0.226 e. The van der Waals surface area contributed by atoms with E-state index in [1.807, 2.05) is 0 Å². The van der Waals surface area contributed by atoms with Crippen molar-refractivity contribution < 1.29 is 19.0 Å². The van der Waals surface area contributed by atoms with Gasteiger partial charge in [0, 0.05) is 5.56 Å². The van der Waals surface area contributed by atoms with Crippen LogP contribution in [0.1, 0.15) is 43.7 Å². The zero-order chi connectivity index (χ0) is 14.8. The van der Waals surface area contributed by atoms with E-state index in [1.54, 1.807) is 12.1 Å². The van der Waals surface area contributed by atoms with Gasteiger partial charge in [0.15, 0.2) is 11.6 Å². The van der Waals surface area contributed by atoms with Crippen LogP contribution < -0.4 is 10.1 Å². The number of aliphatic hydroxyl groups excluding tert-OH is 1. The lowest BCUT2D eigenvalue weighted by Crippen LogP contribution is -2.37. The number of benzene rings is 1.